The Hall–Kier alpha value is -1.68. The number of hydrogen-bond donors (Lipinski definition) is 1. The van der Waals surface area contributed by atoms with E-state index in [9.17, 15) is 4.79 Å². The lowest BCUT2D eigenvalue weighted by Crippen LogP contribution is -2.43. The zero-order valence-corrected chi connectivity index (χ0v) is 13.2. The molecule has 1 saturated heterocycles. The molecule has 0 saturated carbocycles. The molecule has 2 heterocycles. The summed E-state index contributed by atoms with van der Waals surface area (Å²) in [7, 11) is 3.60. The van der Waals surface area contributed by atoms with Crippen molar-refractivity contribution in [2.24, 2.45) is 0 Å². The number of likely N-dealkylation sites (tertiary alicyclic amines) is 1. The van der Waals surface area contributed by atoms with E-state index in [0.29, 0.717) is 5.92 Å². The van der Waals surface area contributed by atoms with Crippen molar-refractivity contribution in [2.45, 2.75) is 18.8 Å². The second-order valence-electron chi connectivity index (χ2n) is 5.89. The van der Waals surface area contributed by atoms with E-state index in [-0.39, 0.29) is 6.03 Å². The summed E-state index contributed by atoms with van der Waals surface area (Å²) in [6.45, 7) is 1.63. The zero-order chi connectivity index (χ0) is 15.0. The van der Waals surface area contributed by atoms with E-state index in [0.717, 1.165) is 41.9 Å². The first-order valence-electron chi connectivity index (χ1n) is 7.29. The van der Waals surface area contributed by atoms with Crippen molar-refractivity contribution in [1.29, 1.82) is 0 Å². The van der Waals surface area contributed by atoms with Crippen LogP contribution in [0.3, 0.4) is 0 Å². The lowest BCUT2D eigenvalue weighted by atomic mass is 9.94. The Kier molecular flexibility index (Phi) is 3.81. The van der Waals surface area contributed by atoms with E-state index in [1.807, 2.05) is 23.1 Å². The first-order chi connectivity index (χ1) is 10.0. The minimum Gasteiger partial charge on any atom is -0.358 e. The number of nitrogens with zero attached hydrogens (tertiary/aromatic N) is 2. The summed E-state index contributed by atoms with van der Waals surface area (Å²) < 4.78 is 0. The molecule has 2 amide bonds. The summed E-state index contributed by atoms with van der Waals surface area (Å²) in [5, 5.41) is 1.92. The number of rotatable bonds is 1. The monoisotopic (exact) mass is 305 g/mol. The van der Waals surface area contributed by atoms with Crippen LogP contribution in [0.4, 0.5) is 4.79 Å². The van der Waals surface area contributed by atoms with Crippen LogP contribution in [0.25, 0.3) is 10.9 Å². The summed E-state index contributed by atoms with van der Waals surface area (Å²) in [5.41, 5.74) is 2.38. The molecule has 21 heavy (non-hydrogen) atoms. The van der Waals surface area contributed by atoms with Gasteiger partial charge in [-0.05, 0) is 37.1 Å². The highest BCUT2D eigenvalue weighted by Crippen LogP contribution is 2.31. The number of nitrogens with one attached hydrogen (secondary N) is 1. The molecule has 0 unspecified atom stereocenters. The van der Waals surface area contributed by atoms with Crippen LogP contribution in [0.2, 0.25) is 5.02 Å². The minimum atomic E-state index is 0.108. The van der Waals surface area contributed by atoms with Crippen LogP contribution in [0.5, 0.6) is 0 Å². The van der Waals surface area contributed by atoms with Crippen LogP contribution < -0.4 is 0 Å². The molecule has 1 N–H and O–H groups in total. The van der Waals surface area contributed by atoms with Crippen molar-refractivity contribution in [1.82, 2.24) is 14.8 Å². The molecular weight excluding hydrogens is 286 g/mol. The van der Waals surface area contributed by atoms with Gasteiger partial charge in [0, 0.05) is 54.7 Å². The first kappa shape index (κ1) is 14.3. The number of urea groups is 1. The van der Waals surface area contributed by atoms with Crippen molar-refractivity contribution >= 4 is 28.5 Å². The highest BCUT2D eigenvalue weighted by Gasteiger charge is 2.25. The maximum atomic E-state index is 11.9. The lowest BCUT2D eigenvalue weighted by Gasteiger charge is -2.33. The predicted molar refractivity (Wildman–Crippen MR) is 85.9 cm³/mol. The molecule has 0 atom stereocenters. The van der Waals surface area contributed by atoms with Gasteiger partial charge in [0.05, 0.1) is 0 Å². The summed E-state index contributed by atoms with van der Waals surface area (Å²) in [5.74, 6) is 0.488. The van der Waals surface area contributed by atoms with Crippen LogP contribution in [0.15, 0.2) is 24.3 Å². The number of H-pyrrole nitrogens is 1. The number of piperidine rings is 1. The van der Waals surface area contributed by atoms with E-state index >= 15 is 0 Å². The Morgan fingerprint density at radius 3 is 2.67 bits per heavy atom. The van der Waals surface area contributed by atoms with Crippen molar-refractivity contribution in [3.63, 3.8) is 0 Å². The third kappa shape index (κ3) is 2.86. The highest BCUT2D eigenvalue weighted by atomic mass is 35.5. The number of amides is 2. The standard InChI is InChI=1S/C16H20ClN3O/c1-19(2)16(21)20-7-5-11(6-8-20)15-10-12-9-13(17)3-4-14(12)18-15/h3-4,9-11,18H,5-8H2,1-2H3. The molecule has 1 aromatic heterocycles. The molecule has 5 heteroatoms. The predicted octanol–water partition coefficient (Wildman–Crippen LogP) is 3.68. The molecule has 2 aromatic rings. The molecule has 0 aliphatic carbocycles. The first-order valence-corrected chi connectivity index (χ1v) is 7.67. The van der Waals surface area contributed by atoms with Gasteiger partial charge in [0.25, 0.3) is 0 Å². The Balaban J connectivity index is 1.72. The topological polar surface area (TPSA) is 39.3 Å². The lowest BCUT2D eigenvalue weighted by molar-refractivity contribution is 0.156. The second kappa shape index (κ2) is 5.60. The molecular formula is C16H20ClN3O. The third-order valence-corrected chi connectivity index (χ3v) is 4.43. The van der Waals surface area contributed by atoms with Crippen molar-refractivity contribution in [2.75, 3.05) is 27.2 Å². The number of halogens is 1. The van der Waals surface area contributed by atoms with E-state index in [1.54, 1.807) is 19.0 Å². The fourth-order valence-corrected chi connectivity index (χ4v) is 3.19. The van der Waals surface area contributed by atoms with Crippen molar-refractivity contribution in [3.05, 3.63) is 35.0 Å². The molecule has 112 valence electrons. The molecule has 3 rings (SSSR count). The number of carbonyl (C=O) groups excluding carboxylic acids is 1. The highest BCUT2D eigenvalue weighted by molar-refractivity contribution is 6.31. The van der Waals surface area contributed by atoms with Crippen LogP contribution in [-0.2, 0) is 0 Å². The van der Waals surface area contributed by atoms with Crippen LogP contribution in [-0.4, -0.2) is 48.0 Å². The normalized spacial score (nSPS) is 16.4. The van der Waals surface area contributed by atoms with E-state index in [4.69, 9.17) is 11.6 Å². The third-order valence-electron chi connectivity index (χ3n) is 4.19. The van der Waals surface area contributed by atoms with Gasteiger partial charge < -0.3 is 14.8 Å². The van der Waals surface area contributed by atoms with Gasteiger partial charge in [-0.25, -0.2) is 4.79 Å². The molecule has 1 aliphatic rings. The Morgan fingerprint density at radius 2 is 2.00 bits per heavy atom. The van der Waals surface area contributed by atoms with Crippen molar-refractivity contribution in [3.8, 4) is 0 Å². The maximum absolute atomic E-state index is 11.9. The minimum absolute atomic E-state index is 0.108. The van der Waals surface area contributed by atoms with Gasteiger partial charge >= 0.3 is 6.03 Å². The number of aromatic amines is 1. The van der Waals surface area contributed by atoms with Gasteiger partial charge in [-0.1, -0.05) is 11.6 Å². The molecule has 4 nitrogen and oxygen atoms in total. The van der Waals surface area contributed by atoms with E-state index in [1.165, 1.54) is 5.69 Å². The fourth-order valence-electron chi connectivity index (χ4n) is 3.01. The number of benzene rings is 1. The fraction of sp³-hybridized carbons (Fsp3) is 0.438. The van der Waals surface area contributed by atoms with Gasteiger partial charge in [-0.3, -0.25) is 0 Å². The number of aromatic nitrogens is 1. The van der Waals surface area contributed by atoms with E-state index in [2.05, 4.69) is 11.1 Å². The van der Waals surface area contributed by atoms with Crippen LogP contribution in [0.1, 0.15) is 24.5 Å². The summed E-state index contributed by atoms with van der Waals surface area (Å²) in [4.78, 5) is 19.0. The van der Waals surface area contributed by atoms with Gasteiger partial charge in [0.2, 0.25) is 0 Å². The van der Waals surface area contributed by atoms with Gasteiger partial charge in [-0.15, -0.1) is 0 Å². The molecule has 1 aromatic carbocycles. The number of fused-ring (bicyclic) bond motifs is 1. The number of carbonyl (C=O) groups is 1. The van der Waals surface area contributed by atoms with Crippen LogP contribution >= 0.6 is 11.6 Å². The summed E-state index contributed by atoms with van der Waals surface area (Å²) in [6, 6.07) is 8.21. The SMILES string of the molecule is CN(C)C(=O)N1CCC(c2cc3cc(Cl)ccc3[nH]2)CC1. The maximum Gasteiger partial charge on any atom is 0.319 e. The van der Waals surface area contributed by atoms with Crippen LogP contribution in [0, 0.1) is 0 Å². The van der Waals surface area contributed by atoms with Gasteiger partial charge in [0.1, 0.15) is 0 Å². The average molecular weight is 306 g/mol. The second-order valence-corrected chi connectivity index (χ2v) is 6.33. The quantitative estimate of drug-likeness (QED) is 0.857. The molecule has 0 radical (unpaired) electrons. The van der Waals surface area contributed by atoms with E-state index < -0.39 is 0 Å². The Morgan fingerprint density at radius 1 is 1.29 bits per heavy atom. The Labute approximate surface area is 129 Å². The molecule has 0 spiro atoms. The largest absolute Gasteiger partial charge is 0.358 e. The smallest absolute Gasteiger partial charge is 0.319 e. The Bertz CT molecular complexity index is 657. The molecule has 1 aliphatic heterocycles. The van der Waals surface area contributed by atoms with Gasteiger partial charge in [-0.2, -0.15) is 0 Å². The molecule has 1 fully saturated rings. The summed E-state index contributed by atoms with van der Waals surface area (Å²) in [6.07, 6.45) is 2.00. The zero-order valence-electron chi connectivity index (χ0n) is 12.4. The average Bonchev–Trinajstić information content (AvgIpc) is 2.89. The molecule has 0 bridgehead atoms. The number of hydrogen-bond acceptors (Lipinski definition) is 1. The summed E-state index contributed by atoms with van der Waals surface area (Å²) >= 11 is 6.03. The van der Waals surface area contributed by atoms with Gasteiger partial charge in [0.15, 0.2) is 0 Å². The van der Waals surface area contributed by atoms with Crippen molar-refractivity contribution < 1.29 is 4.79 Å².